The van der Waals surface area contributed by atoms with Crippen LogP contribution in [0.3, 0.4) is 0 Å². The van der Waals surface area contributed by atoms with Crippen LogP contribution in [0.5, 0.6) is 0 Å². The molecule has 1 spiro atoms. The van der Waals surface area contributed by atoms with Gasteiger partial charge in [-0.2, -0.15) is 0 Å². The van der Waals surface area contributed by atoms with Gasteiger partial charge in [0.15, 0.2) is 12.4 Å². The predicted molar refractivity (Wildman–Crippen MR) is 169 cm³/mol. The fraction of sp³-hybridized carbons (Fsp3) is 0.833. The molecule has 11 heteroatoms. The van der Waals surface area contributed by atoms with Crippen LogP contribution >= 0.6 is 0 Å². The maximum atomic E-state index is 12.9. The van der Waals surface area contributed by atoms with Crippen LogP contribution < -0.4 is 0 Å². The van der Waals surface area contributed by atoms with Gasteiger partial charge in [0.2, 0.25) is 0 Å². The van der Waals surface area contributed by atoms with E-state index in [1.54, 1.807) is 0 Å². The minimum absolute atomic E-state index is 0.0584. The van der Waals surface area contributed by atoms with E-state index >= 15 is 0 Å². The molecular weight excluding hydrogens is 608 g/mol. The number of carboxylic acid groups (broad SMARTS) is 2. The minimum Gasteiger partial charge on any atom is -0.481 e. The van der Waals surface area contributed by atoms with Gasteiger partial charge in [-0.3, -0.25) is 19.2 Å². The SMILES string of the molecule is C=C1C2CCC3C4(C)CC(OC5OC(COC(=O)CCC(=O)O)C(C)[C@H](C)C5OC(=O)CC(C)C)CC(C(=O)O)C4CCC3(C2)C1O. The summed E-state index contributed by atoms with van der Waals surface area (Å²) in [5.74, 6) is -3.60. The number of carbonyl (C=O) groups is 4. The lowest BCUT2D eigenvalue weighted by molar-refractivity contribution is -0.303. The first kappa shape index (κ1) is 35.8. The zero-order valence-corrected chi connectivity index (χ0v) is 28.5. The fourth-order valence-corrected chi connectivity index (χ4v) is 10.2. The Bertz CT molecular complexity index is 1230. The number of aliphatic carboxylic acids is 2. The third-order valence-corrected chi connectivity index (χ3v) is 12.7. The summed E-state index contributed by atoms with van der Waals surface area (Å²) in [6, 6.07) is 0. The van der Waals surface area contributed by atoms with E-state index in [9.17, 15) is 29.4 Å². The molecule has 13 atom stereocenters. The zero-order valence-electron chi connectivity index (χ0n) is 28.5. The largest absolute Gasteiger partial charge is 0.481 e. The molecule has 0 aromatic carbocycles. The minimum atomic E-state index is -1.09. The number of hydrogen-bond donors (Lipinski definition) is 3. The van der Waals surface area contributed by atoms with Crippen LogP contribution in [0.15, 0.2) is 12.2 Å². The smallest absolute Gasteiger partial charge is 0.306 e. The lowest BCUT2D eigenvalue weighted by Crippen LogP contribution is -2.60. The molecule has 4 saturated carbocycles. The Balaban J connectivity index is 1.39. The molecule has 264 valence electrons. The van der Waals surface area contributed by atoms with Crippen LogP contribution in [0.25, 0.3) is 0 Å². The lowest BCUT2D eigenvalue weighted by atomic mass is 9.43. The molecule has 0 aromatic rings. The molecule has 0 radical (unpaired) electrons. The van der Waals surface area contributed by atoms with Gasteiger partial charge in [-0.15, -0.1) is 0 Å². The second-order valence-corrected chi connectivity index (χ2v) is 15.9. The first-order valence-corrected chi connectivity index (χ1v) is 17.5. The molecule has 11 nitrogen and oxygen atoms in total. The Hall–Kier alpha value is -2.50. The van der Waals surface area contributed by atoms with Gasteiger partial charge in [0.05, 0.1) is 37.1 Å². The van der Waals surface area contributed by atoms with Crippen LogP contribution in [0.4, 0.5) is 0 Å². The highest BCUT2D eigenvalue weighted by Gasteiger charge is 2.67. The van der Waals surface area contributed by atoms with Crippen molar-refractivity contribution >= 4 is 23.9 Å². The van der Waals surface area contributed by atoms with E-state index < -0.39 is 59.9 Å². The molecule has 5 aliphatic rings. The number of esters is 2. The molecule has 5 fully saturated rings. The van der Waals surface area contributed by atoms with Crippen LogP contribution in [-0.2, 0) is 38.1 Å². The maximum Gasteiger partial charge on any atom is 0.306 e. The number of aliphatic hydroxyl groups excluding tert-OH is 1. The van der Waals surface area contributed by atoms with Crippen molar-refractivity contribution in [2.24, 2.45) is 52.3 Å². The summed E-state index contributed by atoms with van der Waals surface area (Å²) in [7, 11) is 0. The molecule has 0 aromatic heterocycles. The van der Waals surface area contributed by atoms with Crippen molar-refractivity contribution < 1.29 is 53.4 Å². The summed E-state index contributed by atoms with van der Waals surface area (Å²) in [5, 5.41) is 30.9. The normalized spacial score (nSPS) is 42.7. The Labute approximate surface area is 277 Å². The summed E-state index contributed by atoms with van der Waals surface area (Å²) in [5.41, 5.74) is 0.218. The molecular formula is C36H54O11. The van der Waals surface area contributed by atoms with Gasteiger partial charge in [0.25, 0.3) is 0 Å². The first-order valence-electron chi connectivity index (χ1n) is 17.5. The van der Waals surface area contributed by atoms with Crippen molar-refractivity contribution in [2.75, 3.05) is 6.61 Å². The van der Waals surface area contributed by atoms with Gasteiger partial charge in [0, 0.05) is 17.8 Å². The van der Waals surface area contributed by atoms with E-state index in [2.05, 4.69) is 13.5 Å². The monoisotopic (exact) mass is 662 g/mol. The van der Waals surface area contributed by atoms with Gasteiger partial charge < -0.3 is 34.3 Å². The molecule has 3 N–H and O–H groups in total. The molecule has 1 heterocycles. The van der Waals surface area contributed by atoms with Crippen molar-refractivity contribution in [1.29, 1.82) is 0 Å². The standard InChI is InChI=1S/C36H54O11/c1-18(2)13-30(40)47-31-20(4)19(3)26(17-44-29(39)10-9-28(37)38)46-34(31)45-23-14-24(33(42)43)25-11-12-36-15-22(21(5)32(36)41)7-8-27(36)35(25,6)16-23/h18-20,22-27,31-32,34,41H,5,7-17H2,1-4,6H3,(H,37,38)(H,42,43)/t19?,20-,22?,23?,24?,25?,26?,27?,31?,32?,34?,35?,36?/m0/s1. The Morgan fingerprint density at radius 1 is 1.02 bits per heavy atom. The molecule has 2 bridgehead atoms. The number of ether oxygens (including phenoxy) is 4. The molecule has 0 amide bonds. The predicted octanol–water partition coefficient (Wildman–Crippen LogP) is 4.98. The van der Waals surface area contributed by atoms with Crippen LogP contribution in [0.1, 0.15) is 98.8 Å². The van der Waals surface area contributed by atoms with Crippen molar-refractivity contribution in [2.45, 2.75) is 130 Å². The van der Waals surface area contributed by atoms with Gasteiger partial charge in [0.1, 0.15) is 6.61 Å². The topological polar surface area (TPSA) is 166 Å². The third kappa shape index (κ3) is 6.86. The lowest BCUT2D eigenvalue weighted by Gasteiger charge is -2.62. The van der Waals surface area contributed by atoms with Gasteiger partial charge in [-0.05, 0) is 85.5 Å². The van der Waals surface area contributed by atoms with Gasteiger partial charge in [-0.1, -0.05) is 41.2 Å². The van der Waals surface area contributed by atoms with Crippen LogP contribution in [0.2, 0.25) is 0 Å². The van der Waals surface area contributed by atoms with E-state index in [4.69, 9.17) is 24.1 Å². The Morgan fingerprint density at radius 3 is 2.40 bits per heavy atom. The van der Waals surface area contributed by atoms with E-state index in [-0.39, 0.29) is 66.8 Å². The van der Waals surface area contributed by atoms with Crippen LogP contribution in [0, 0.1) is 52.3 Å². The molecule has 47 heavy (non-hydrogen) atoms. The molecule has 12 unspecified atom stereocenters. The summed E-state index contributed by atoms with van der Waals surface area (Å²) in [6.07, 6.45) is 1.27. The first-order chi connectivity index (χ1) is 22.1. The third-order valence-electron chi connectivity index (χ3n) is 12.7. The maximum absolute atomic E-state index is 12.9. The highest BCUT2D eigenvalue weighted by Crippen LogP contribution is 2.70. The van der Waals surface area contributed by atoms with Gasteiger partial charge >= 0.3 is 23.9 Å². The van der Waals surface area contributed by atoms with E-state index in [1.165, 1.54) is 0 Å². The van der Waals surface area contributed by atoms with Crippen molar-refractivity contribution in [3.8, 4) is 0 Å². The molecule has 1 saturated heterocycles. The quantitative estimate of drug-likeness (QED) is 0.155. The van der Waals surface area contributed by atoms with E-state index in [1.807, 2.05) is 27.7 Å². The molecule has 4 aliphatic carbocycles. The van der Waals surface area contributed by atoms with Crippen LogP contribution in [-0.4, -0.2) is 76.5 Å². The fourth-order valence-electron chi connectivity index (χ4n) is 10.2. The summed E-state index contributed by atoms with van der Waals surface area (Å²) >= 11 is 0. The number of fused-ring (bicyclic) bond motifs is 3. The van der Waals surface area contributed by atoms with Crippen molar-refractivity contribution in [1.82, 2.24) is 0 Å². The number of carboxylic acids is 2. The average Bonchev–Trinajstić information content (AvgIpc) is 3.17. The van der Waals surface area contributed by atoms with Gasteiger partial charge in [-0.25, -0.2) is 0 Å². The van der Waals surface area contributed by atoms with E-state index in [0.717, 1.165) is 37.7 Å². The number of rotatable bonds is 11. The number of hydrogen-bond acceptors (Lipinski definition) is 9. The van der Waals surface area contributed by atoms with E-state index in [0.29, 0.717) is 18.8 Å². The van der Waals surface area contributed by atoms with Crippen molar-refractivity contribution in [3.05, 3.63) is 12.2 Å². The molecule has 1 aliphatic heterocycles. The second kappa shape index (κ2) is 13.8. The zero-order chi connectivity index (χ0) is 34.4. The van der Waals surface area contributed by atoms with Crippen molar-refractivity contribution in [3.63, 3.8) is 0 Å². The highest BCUT2D eigenvalue weighted by atomic mass is 16.7. The Morgan fingerprint density at radius 2 is 1.74 bits per heavy atom. The Kier molecular flexibility index (Phi) is 10.5. The summed E-state index contributed by atoms with van der Waals surface area (Å²) in [4.78, 5) is 48.9. The second-order valence-electron chi connectivity index (χ2n) is 15.9. The average molecular weight is 663 g/mol. The number of aliphatic hydroxyl groups is 1. The highest BCUT2D eigenvalue weighted by molar-refractivity contribution is 5.76. The number of carbonyl (C=O) groups excluding carboxylic acids is 2. The molecule has 5 rings (SSSR count). The summed E-state index contributed by atoms with van der Waals surface area (Å²) < 4.78 is 24.6. The summed E-state index contributed by atoms with van der Waals surface area (Å²) in [6.45, 7) is 14.0.